The Kier molecular flexibility index (Phi) is 7.81. The lowest BCUT2D eigenvalue weighted by molar-refractivity contribution is 0.303. The predicted molar refractivity (Wildman–Crippen MR) is 70.1 cm³/mol. The molecule has 1 atom stereocenters. The van der Waals surface area contributed by atoms with Gasteiger partial charge in [0.2, 0.25) is 0 Å². The monoisotopic (exact) mass is 216 g/mol. The Bertz CT molecular complexity index is 124. The minimum Gasteiger partial charge on any atom is -0.162 e. The summed E-state index contributed by atoms with van der Waals surface area (Å²) in [5.41, 5.74) is 0.507. The second-order valence-corrected chi connectivity index (χ2v) is 6.85. The number of hydrogen-bond donors (Lipinski definition) is 0. The lowest BCUT2D eigenvalue weighted by atomic mass is 9.84. The van der Waals surface area contributed by atoms with Gasteiger partial charge in [-0.3, -0.25) is 0 Å². The maximum absolute atomic E-state index is 2.39. The Balaban J connectivity index is 3.31. The van der Waals surface area contributed by atoms with Gasteiger partial charge >= 0.3 is 0 Å². The second kappa shape index (κ2) is 7.62. The van der Waals surface area contributed by atoms with Crippen LogP contribution in [0.5, 0.6) is 0 Å². The number of hydrogen-bond acceptors (Lipinski definition) is 1. The zero-order valence-corrected chi connectivity index (χ0v) is 11.5. The molecule has 0 nitrogen and oxygen atoms in total. The van der Waals surface area contributed by atoms with Crippen molar-refractivity contribution in [2.45, 2.75) is 60.3 Å². The standard InChI is InChI=1S/C13H28S/c1-6-7-9-14-10-8-12(2)11-13(3,4)5/h12H,6-11H2,1-5H3. The van der Waals surface area contributed by atoms with Gasteiger partial charge in [-0.05, 0) is 42.1 Å². The quantitative estimate of drug-likeness (QED) is 0.541. The summed E-state index contributed by atoms with van der Waals surface area (Å²) < 4.78 is 0. The first-order valence-corrected chi connectivity index (χ1v) is 7.19. The van der Waals surface area contributed by atoms with Crippen molar-refractivity contribution in [2.75, 3.05) is 11.5 Å². The molecule has 0 aromatic heterocycles. The molecule has 0 radical (unpaired) electrons. The summed E-state index contributed by atoms with van der Waals surface area (Å²) in [6, 6.07) is 0. The van der Waals surface area contributed by atoms with E-state index in [9.17, 15) is 0 Å². The highest BCUT2D eigenvalue weighted by Crippen LogP contribution is 2.26. The molecule has 0 aromatic rings. The third-order valence-electron chi connectivity index (χ3n) is 2.36. The first-order valence-electron chi connectivity index (χ1n) is 6.03. The molecular formula is C13H28S. The normalized spacial score (nSPS) is 14.4. The van der Waals surface area contributed by atoms with Crippen LogP contribution in [0.15, 0.2) is 0 Å². The molecule has 0 spiro atoms. The molecule has 0 aliphatic heterocycles. The first kappa shape index (κ1) is 14.3. The molecule has 86 valence electrons. The van der Waals surface area contributed by atoms with E-state index in [1.165, 1.54) is 37.2 Å². The van der Waals surface area contributed by atoms with Crippen molar-refractivity contribution in [3.05, 3.63) is 0 Å². The van der Waals surface area contributed by atoms with Gasteiger partial charge in [0, 0.05) is 0 Å². The van der Waals surface area contributed by atoms with E-state index in [0.717, 1.165) is 5.92 Å². The van der Waals surface area contributed by atoms with Gasteiger partial charge in [-0.2, -0.15) is 11.8 Å². The van der Waals surface area contributed by atoms with E-state index in [1.54, 1.807) is 0 Å². The van der Waals surface area contributed by atoms with Gasteiger partial charge in [-0.15, -0.1) is 0 Å². The van der Waals surface area contributed by atoms with Crippen LogP contribution in [0.1, 0.15) is 60.3 Å². The Hall–Kier alpha value is 0.350. The highest BCUT2D eigenvalue weighted by molar-refractivity contribution is 7.99. The second-order valence-electron chi connectivity index (χ2n) is 5.62. The van der Waals surface area contributed by atoms with E-state index in [2.05, 4.69) is 46.4 Å². The van der Waals surface area contributed by atoms with Crippen LogP contribution in [0.4, 0.5) is 0 Å². The van der Waals surface area contributed by atoms with Gasteiger partial charge < -0.3 is 0 Å². The van der Waals surface area contributed by atoms with Gasteiger partial charge in [0.25, 0.3) is 0 Å². The molecule has 0 heterocycles. The Morgan fingerprint density at radius 1 is 1.14 bits per heavy atom. The maximum atomic E-state index is 2.39. The summed E-state index contributed by atoms with van der Waals surface area (Å²) in [5.74, 6) is 3.61. The molecule has 0 saturated heterocycles. The summed E-state index contributed by atoms with van der Waals surface area (Å²) in [6.07, 6.45) is 5.48. The van der Waals surface area contributed by atoms with E-state index in [4.69, 9.17) is 0 Å². The summed E-state index contributed by atoms with van der Waals surface area (Å²) in [7, 11) is 0. The lowest BCUT2D eigenvalue weighted by Crippen LogP contribution is -2.11. The third-order valence-corrected chi connectivity index (χ3v) is 3.46. The van der Waals surface area contributed by atoms with Crippen LogP contribution in [0.25, 0.3) is 0 Å². The van der Waals surface area contributed by atoms with Gasteiger partial charge in [0.1, 0.15) is 0 Å². The van der Waals surface area contributed by atoms with E-state index < -0.39 is 0 Å². The summed E-state index contributed by atoms with van der Waals surface area (Å²) in [4.78, 5) is 0. The zero-order chi connectivity index (χ0) is 11.0. The SMILES string of the molecule is CCCCSCCC(C)CC(C)(C)C. The van der Waals surface area contributed by atoms with Crippen molar-refractivity contribution in [3.63, 3.8) is 0 Å². The average molecular weight is 216 g/mol. The van der Waals surface area contributed by atoms with Crippen LogP contribution < -0.4 is 0 Å². The van der Waals surface area contributed by atoms with Crippen LogP contribution in [-0.2, 0) is 0 Å². The molecule has 0 N–H and O–H groups in total. The van der Waals surface area contributed by atoms with Crippen molar-refractivity contribution in [1.82, 2.24) is 0 Å². The summed E-state index contributed by atoms with van der Waals surface area (Å²) >= 11 is 2.13. The van der Waals surface area contributed by atoms with Crippen LogP contribution >= 0.6 is 11.8 Å². The minimum atomic E-state index is 0.507. The van der Waals surface area contributed by atoms with Crippen LogP contribution in [0, 0.1) is 11.3 Å². The van der Waals surface area contributed by atoms with E-state index in [-0.39, 0.29) is 0 Å². The topological polar surface area (TPSA) is 0 Å². The van der Waals surface area contributed by atoms with Crippen molar-refractivity contribution in [2.24, 2.45) is 11.3 Å². The fraction of sp³-hybridized carbons (Fsp3) is 1.00. The molecule has 1 unspecified atom stereocenters. The fourth-order valence-corrected chi connectivity index (χ4v) is 3.05. The van der Waals surface area contributed by atoms with E-state index in [0.29, 0.717) is 5.41 Å². The Morgan fingerprint density at radius 3 is 2.29 bits per heavy atom. The predicted octanol–water partition coefficient (Wildman–Crippen LogP) is 4.98. The molecule has 0 aliphatic carbocycles. The highest BCUT2D eigenvalue weighted by atomic mass is 32.2. The molecule has 0 aromatic carbocycles. The molecular weight excluding hydrogens is 188 g/mol. The van der Waals surface area contributed by atoms with Crippen molar-refractivity contribution in [1.29, 1.82) is 0 Å². The summed E-state index contributed by atoms with van der Waals surface area (Å²) in [6.45, 7) is 11.7. The van der Waals surface area contributed by atoms with Crippen LogP contribution in [0.3, 0.4) is 0 Å². The molecule has 14 heavy (non-hydrogen) atoms. The molecule has 0 amide bonds. The number of thioether (sulfide) groups is 1. The van der Waals surface area contributed by atoms with Gasteiger partial charge in [-0.25, -0.2) is 0 Å². The molecule has 0 bridgehead atoms. The van der Waals surface area contributed by atoms with Crippen molar-refractivity contribution in [3.8, 4) is 0 Å². The highest BCUT2D eigenvalue weighted by Gasteiger charge is 2.14. The van der Waals surface area contributed by atoms with E-state index in [1.807, 2.05) is 0 Å². The van der Waals surface area contributed by atoms with Crippen LogP contribution in [-0.4, -0.2) is 11.5 Å². The smallest absolute Gasteiger partial charge is 0.00650 e. The fourth-order valence-electron chi connectivity index (χ4n) is 1.78. The maximum Gasteiger partial charge on any atom is -0.00650 e. The minimum absolute atomic E-state index is 0.507. The average Bonchev–Trinajstić information content (AvgIpc) is 2.00. The summed E-state index contributed by atoms with van der Waals surface area (Å²) in [5, 5.41) is 0. The number of unbranched alkanes of at least 4 members (excludes halogenated alkanes) is 1. The molecule has 0 aliphatic rings. The van der Waals surface area contributed by atoms with Crippen molar-refractivity contribution >= 4 is 11.8 Å². The Morgan fingerprint density at radius 2 is 1.79 bits per heavy atom. The van der Waals surface area contributed by atoms with Crippen molar-refractivity contribution < 1.29 is 0 Å². The van der Waals surface area contributed by atoms with Gasteiger partial charge in [-0.1, -0.05) is 41.0 Å². The first-order chi connectivity index (χ1) is 6.45. The molecule has 0 fully saturated rings. The Labute approximate surface area is 95.2 Å². The largest absolute Gasteiger partial charge is 0.162 e. The molecule has 0 rings (SSSR count). The lowest BCUT2D eigenvalue weighted by Gasteiger charge is -2.23. The molecule has 1 heteroatoms. The van der Waals surface area contributed by atoms with Gasteiger partial charge in [0.15, 0.2) is 0 Å². The zero-order valence-electron chi connectivity index (χ0n) is 10.7. The third kappa shape index (κ3) is 10.4. The van der Waals surface area contributed by atoms with E-state index >= 15 is 0 Å². The van der Waals surface area contributed by atoms with Gasteiger partial charge in [0.05, 0.1) is 0 Å². The number of rotatable bonds is 7. The van der Waals surface area contributed by atoms with Crippen LogP contribution in [0.2, 0.25) is 0 Å². The molecule has 0 saturated carbocycles.